The number of fused-ring (bicyclic) bond motifs is 1. The van der Waals surface area contributed by atoms with Gasteiger partial charge in [-0.05, 0) is 57.6 Å². The van der Waals surface area contributed by atoms with Crippen LogP contribution in [0.4, 0.5) is 28.9 Å². The minimum absolute atomic E-state index is 0.0784. The van der Waals surface area contributed by atoms with E-state index in [9.17, 15) is 27.6 Å². The second kappa shape index (κ2) is 12.7. The Morgan fingerprint density at radius 2 is 1.88 bits per heavy atom. The molecule has 3 rings (SSSR count). The molecule has 2 aromatic heterocycles. The van der Waals surface area contributed by atoms with Crippen molar-refractivity contribution in [3.63, 3.8) is 0 Å². The average molecular weight is 622 g/mol. The zero-order valence-electron chi connectivity index (χ0n) is 23.8. The van der Waals surface area contributed by atoms with Gasteiger partial charge in [0.15, 0.2) is 23.2 Å². The van der Waals surface area contributed by atoms with Crippen molar-refractivity contribution in [2.45, 2.75) is 45.8 Å². The molecule has 0 atom stereocenters. The highest BCUT2D eigenvalue weighted by Gasteiger charge is 2.36. The topological polar surface area (TPSA) is 117 Å². The average Bonchev–Trinajstić information content (AvgIpc) is 2.95. The van der Waals surface area contributed by atoms with Gasteiger partial charge in [0.05, 0.1) is 40.7 Å². The molecule has 1 aromatic carbocycles. The fourth-order valence-corrected chi connectivity index (χ4v) is 4.58. The van der Waals surface area contributed by atoms with Crippen LogP contribution in [0.1, 0.15) is 44.5 Å². The third-order valence-corrected chi connectivity index (χ3v) is 6.74. The Balaban J connectivity index is 2.19. The lowest BCUT2D eigenvalue weighted by Crippen LogP contribution is -2.54. The zero-order valence-corrected chi connectivity index (χ0v) is 24.6. The van der Waals surface area contributed by atoms with Crippen molar-refractivity contribution in [2.75, 3.05) is 30.1 Å². The molecular weight excluding hydrogens is 594 g/mol. The Morgan fingerprint density at radius 1 is 1.21 bits per heavy atom. The Morgan fingerprint density at radius 3 is 2.44 bits per heavy atom. The standard InChI is InChI=1S/C28H27F4N5O5S/c1-6-21-23(42-14-22(39)41-7-2)25(40)36-13-18(11-20(29)24(36)34-21)37(27(3,4)15-38)26(43)35(5)17-9-8-16(12-33)19(10-17)28(30,31)32/h8-11,13,15H,6-7,14H2,1-5H3. The van der Waals surface area contributed by atoms with Crippen LogP contribution in [0.5, 0.6) is 5.75 Å². The maximum atomic E-state index is 15.5. The molecule has 0 aliphatic rings. The highest BCUT2D eigenvalue weighted by Crippen LogP contribution is 2.35. The summed E-state index contributed by atoms with van der Waals surface area (Å²) in [6.07, 6.45) is -3.04. The van der Waals surface area contributed by atoms with Gasteiger partial charge in [0.2, 0.25) is 5.75 Å². The molecule has 0 radical (unpaired) electrons. The molecule has 0 fully saturated rings. The molecule has 0 spiro atoms. The fraction of sp³-hybridized carbons (Fsp3) is 0.357. The van der Waals surface area contributed by atoms with Crippen LogP contribution in [0.25, 0.3) is 5.65 Å². The molecule has 3 aromatic rings. The van der Waals surface area contributed by atoms with E-state index in [-0.39, 0.29) is 46.6 Å². The Kier molecular flexibility index (Phi) is 9.76. The molecule has 0 amide bonds. The lowest BCUT2D eigenvalue weighted by atomic mass is 10.0. The van der Waals surface area contributed by atoms with Gasteiger partial charge in [-0.25, -0.2) is 14.2 Å². The highest BCUT2D eigenvalue weighted by atomic mass is 32.1. The van der Waals surface area contributed by atoms with Crippen molar-refractivity contribution in [3.8, 4) is 11.8 Å². The quantitative estimate of drug-likeness (QED) is 0.147. The van der Waals surface area contributed by atoms with Crippen molar-refractivity contribution in [2.24, 2.45) is 0 Å². The first-order valence-electron chi connectivity index (χ1n) is 12.8. The fourth-order valence-electron chi connectivity index (χ4n) is 4.13. The number of aryl methyl sites for hydroxylation is 1. The largest absolute Gasteiger partial charge is 0.474 e. The number of hydrogen-bond donors (Lipinski definition) is 0. The van der Waals surface area contributed by atoms with Crippen molar-refractivity contribution in [3.05, 3.63) is 63.5 Å². The predicted molar refractivity (Wildman–Crippen MR) is 153 cm³/mol. The SMILES string of the molecule is CCOC(=O)COc1c(CC)nc2c(F)cc(N(C(=S)N(C)c3ccc(C#N)c(C(F)(F)F)c3)C(C)(C)C=O)cn2c1=O. The first-order chi connectivity index (χ1) is 20.1. The third-order valence-electron chi connectivity index (χ3n) is 6.29. The molecule has 0 N–H and O–H groups in total. The van der Waals surface area contributed by atoms with Gasteiger partial charge < -0.3 is 24.1 Å². The van der Waals surface area contributed by atoms with Gasteiger partial charge in [-0.1, -0.05) is 6.92 Å². The van der Waals surface area contributed by atoms with Crippen molar-refractivity contribution >= 4 is 46.6 Å². The van der Waals surface area contributed by atoms with Crippen molar-refractivity contribution in [1.29, 1.82) is 5.26 Å². The maximum Gasteiger partial charge on any atom is 0.417 e. The number of alkyl halides is 3. The minimum atomic E-state index is -4.84. The smallest absolute Gasteiger partial charge is 0.417 e. The normalized spacial score (nSPS) is 11.5. The number of carbonyl (C=O) groups is 2. The Labute approximate surface area is 249 Å². The monoisotopic (exact) mass is 621 g/mol. The van der Waals surface area contributed by atoms with Crippen LogP contribution in [0.15, 0.2) is 35.3 Å². The van der Waals surface area contributed by atoms with E-state index in [0.717, 1.165) is 38.6 Å². The molecule has 0 aliphatic heterocycles. The summed E-state index contributed by atoms with van der Waals surface area (Å²) in [5.74, 6) is -2.03. The van der Waals surface area contributed by atoms with E-state index >= 15 is 4.39 Å². The number of aldehydes is 1. The van der Waals surface area contributed by atoms with Crippen LogP contribution in [0.3, 0.4) is 0 Å². The van der Waals surface area contributed by atoms with Crippen LogP contribution in [-0.4, -0.2) is 52.6 Å². The van der Waals surface area contributed by atoms with Crippen LogP contribution < -0.4 is 20.1 Å². The van der Waals surface area contributed by atoms with Crippen molar-refractivity contribution < 1.29 is 36.6 Å². The molecule has 15 heteroatoms. The number of ether oxygens (including phenoxy) is 2. The lowest BCUT2D eigenvalue weighted by molar-refractivity contribution is -0.145. The van der Waals surface area contributed by atoms with E-state index in [4.69, 9.17) is 27.0 Å². The van der Waals surface area contributed by atoms with E-state index in [1.165, 1.54) is 33.0 Å². The summed E-state index contributed by atoms with van der Waals surface area (Å²) in [4.78, 5) is 44.0. The predicted octanol–water partition coefficient (Wildman–Crippen LogP) is 4.43. The number of nitriles is 1. The highest BCUT2D eigenvalue weighted by molar-refractivity contribution is 7.80. The van der Waals surface area contributed by atoms with E-state index in [1.54, 1.807) is 13.8 Å². The van der Waals surface area contributed by atoms with Crippen LogP contribution in [-0.2, 0) is 26.9 Å². The first-order valence-corrected chi connectivity index (χ1v) is 13.2. The number of hydrogen-bond acceptors (Lipinski definition) is 8. The molecule has 43 heavy (non-hydrogen) atoms. The number of thiocarbonyl (C=S) groups is 1. The van der Waals surface area contributed by atoms with Crippen LogP contribution in [0.2, 0.25) is 0 Å². The number of esters is 1. The molecule has 0 aliphatic carbocycles. The van der Waals surface area contributed by atoms with Gasteiger partial charge in [-0.3, -0.25) is 9.20 Å². The van der Waals surface area contributed by atoms with Gasteiger partial charge in [0.1, 0.15) is 6.29 Å². The molecule has 10 nitrogen and oxygen atoms in total. The lowest BCUT2D eigenvalue weighted by Gasteiger charge is -2.39. The number of pyridine rings is 1. The molecule has 2 heterocycles. The molecule has 0 unspecified atom stereocenters. The van der Waals surface area contributed by atoms with Crippen molar-refractivity contribution in [1.82, 2.24) is 9.38 Å². The molecular formula is C28H27F4N5O5S. The van der Waals surface area contributed by atoms with E-state index in [1.807, 2.05) is 0 Å². The number of benzene rings is 1. The summed E-state index contributed by atoms with van der Waals surface area (Å²) in [6.45, 7) is 5.59. The second-order valence-corrected chi connectivity index (χ2v) is 10.0. The summed E-state index contributed by atoms with van der Waals surface area (Å²) >= 11 is 5.58. The Hall–Kier alpha value is -4.58. The number of carbonyl (C=O) groups excluding carboxylic acids is 2. The number of anilines is 2. The number of nitrogens with zero attached hydrogens (tertiary/aromatic N) is 5. The summed E-state index contributed by atoms with van der Waals surface area (Å²) in [6, 6.07) is 5.42. The second-order valence-electron chi connectivity index (χ2n) is 9.67. The molecule has 0 bridgehead atoms. The summed E-state index contributed by atoms with van der Waals surface area (Å²) in [7, 11) is 1.33. The van der Waals surface area contributed by atoms with Crippen LogP contribution >= 0.6 is 12.2 Å². The van der Waals surface area contributed by atoms with Gasteiger partial charge >= 0.3 is 17.7 Å². The van der Waals surface area contributed by atoms with E-state index in [0.29, 0.717) is 6.29 Å². The summed E-state index contributed by atoms with van der Waals surface area (Å²) in [5, 5.41) is 8.89. The molecule has 228 valence electrons. The van der Waals surface area contributed by atoms with E-state index < -0.39 is 46.8 Å². The number of aromatic nitrogens is 2. The van der Waals surface area contributed by atoms with E-state index in [2.05, 4.69) is 4.98 Å². The van der Waals surface area contributed by atoms with Crippen LogP contribution in [0, 0.1) is 17.1 Å². The number of halogens is 4. The number of rotatable bonds is 9. The van der Waals surface area contributed by atoms with Gasteiger partial charge in [0, 0.05) is 25.0 Å². The third kappa shape index (κ3) is 6.75. The first kappa shape index (κ1) is 32.9. The zero-order chi connectivity index (χ0) is 32.3. The van der Waals surface area contributed by atoms with Gasteiger partial charge in [-0.2, -0.15) is 18.4 Å². The summed E-state index contributed by atoms with van der Waals surface area (Å²) in [5.41, 5.74) is -4.65. The maximum absolute atomic E-state index is 15.5. The Bertz CT molecular complexity index is 1680. The molecule has 0 saturated heterocycles. The molecule has 0 saturated carbocycles. The van der Waals surface area contributed by atoms with Gasteiger partial charge in [-0.15, -0.1) is 0 Å². The summed E-state index contributed by atoms with van der Waals surface area (Å²) < 4.78 is 67.5. The minimum Gasteiger partial charge on any atom is -0.474 e. The van der Waals surface area contributed by atoms with Gasteiger partial charge in [0.25, 0.3) is 0 Å².